The number of aryl methyl sites for hydroxylation is 1. The van der Waals surface area contributed by atoms with Crippen LogP contribution in [-0.2, 0) is 11.8 Å². The molecule has 3 N–H and O–H groups in total. The predicted molar refractivity (Wildman–Crippen MR) is 64.7 cm³/mol. The van der Waals surface area contributed by atoms with Gasteiger partial charge in [-0.3, -0.25) is 9.59 Å². The Morgan fingerprint density at radius 3 is 2.94 bits per heavy atom. The molecule has 7 heteroatoms. The SMILES string of the molecule is Cn1cnc(C(=O)N(CC(N)=O)C2CCNC2)c1. The molecule has 0 aliphatic carbocycles. The van der Waals surface area contributed by atoms with E-state index >= 15 is 0 Å². The van der Waals surface area contributed by atoms with Crippen LogP contribution < -0.4 is 11.1 Å². The zero-order valence-electron chi connectivity index (χ0n) is 10.3. The predicted octanol–water partition coefficient (Wildman–Crippen LogP) is -1.29. The van der Waals surface area contributed by atoms with Crippen molar-refractivity contribution in [1.29, 1.82) is 0 Å². The van der Waals surface area contributed by atoms with Gasteiger partial charge in [0.15, 0.2) is 0 Å². The quantitative estimate of drug-likeness (QED) is 0.696. The van der Waals surface area contributed by atoms with Crippen molar-refractivity contribution in [1.82, 2.24) is 19.8 Å². The van der Waals surface area contributed by atoms with Crippen LogP contribution in [0.15, 0.2) is 12.5 Å². The number of hydrogen-bond acceptors (Lipinski definition) is 4. The van der Waals surface area contributed by atoms with Gasteiger partial charge in [0, 0.05) is 25.8 Å². The van der Waals surface area contributed by atoms with Crippen LogP contribution in [0.4, 0.5) is 0 Å². The molecule has 1 atom stereocenters. The molecular weight excluding hydrogens is 234 g/mol. The minimum atomic E-state index is -0.508. The highest BCUT2D eigenvalue weighted by Crippen LogP contribution is 2.12. The van der Waals surface area contributed by atoms with Crippen molar-refractivity contribution >= 4 is 11.8 Å². The van der Waals surface area contributed by atoms with Crippen LogP contribution in [0.1, 0.15) is 16.9 Å². The van der Waals surface area contributed by atoms with Crippen LogP contribution in [0.5, 0.6) is 0 Å². The van der Waals surface area contributed by atoms with Crippen molar-refractivity contribution in [3.63, 3.8) is 0 Å². The molecule has 1 saturated heterocycles. The fraction of sp³-hybridized carbons (Fsp3) is 0.545. The van der Waals surface area contributed by atoms with Crippen molar-refractivity contribution < 1.29 is 9.59 Å². The Hall–Kier alpha value is -1.89. The van der Waals surface area contributed by atoms with Gasteiger partial charge in [0.1, 0.15) is 12.2 Å². The van der Waals surface area contributed by atoms with E-state index in [1.807, 2.05) is 0 Å². The maximum atomic E-state index is 12.3. The molecule has 1 aliphatic heterocycles. The number of primary amides is 1. The van der Waals surface area contributed by atoms with E-state index in [0.717, 1.165) is 13.0 Å². The number of nitrogens with zero attached hydrogens (tertiary/aromatic N) is 3. The summed E-state index contributed by atoms with van der Waals surface area (Å²) in [5.74, 6) is -0.755. The Kier molecular flexibility index (Phi) is 3.61. The lowest BCUT2D eigenvalue weighted by Gasteiger charge is -2.26. The molecule has 0 spiro atoms. The van der Waals surface area contributed by atoms with Crippen LogP contribution >= 0.6 is 0 Å². The van der Waals surface area contributed by atoms with Crippen molar-refractivity contribution in [3.05, 3.63) is 18.2 Å². The Morgan fingerprint density at radius 1 is 1.67 bits per heavy atom. The van der Waals surface area contributed by atoms with E-state index in [4.69, 9.17) is 5.73 Å². The average Bonchev–Trinajstić information content (AvgIpc) is 2.95. The largest absolute Gasteiger partial charge is 0.368 e. The molecule has 18 heavy (non-hydrogen) atoms. The third-order valence-electron chi connectivity index (χ3n) is 2.99. The number of hydrogen-bond donors (Lipinski definition) is 2. The molecule has 1 aliphatic rings. The van der Waals surface area contributed by atoms with Crippen LogP contribution in [0, 0.1) is 0 Å². The van der Waals surface area contributed by atoms with Gasteiger partial charge < -0.3 is 20.5 Å². The number of imidazole rings is 1. The standard InChI is InChI=1S/C11H17N5O2/c1-15-5-9(14-7-15)11(18)16(6-10(12)17)8-2-3-13-4-8/h5,7-8,13H,2-4,6H2,1H3,(H2,12,17). The smallest absolute Gasteiger partial charge is 0.274 e. The number of aromatic nitrogens is 2. The van der Waals surface area contributed by atoms with Gasteiger partial charge in [0.2, 0.25) is 5.91 Å². The molecule has 0 bridgehead atoms. The minimum Gasteiger partial charge on any atom is -0.368 e. The zero-order chi connectivity index (χ0) is 13.1. The molecule has 0 radical (unpaired) electrons. The summed E-state index contributed by atoms with van der Waals surface area (Å²) in [5, 5.41) is 3.17. The Bertz CT molecular complexity index is 450. The Balaban J connectivity index is 2.17. The van der Waals surface area contributed by atoms with Gasteiger partial charge >= 0.3 is 0 Å². The summed E-state index contributed by atoms with van der Waals surface area (Å²) >= 11 is 0. The monoisotopic (exact) mass is 251 g/mol. The van der Waals surface area contributed by atoms with Crippen molar-refractivity contribution in [3.8, 4) is 0 Å². The van der Waals surface area contributed by atoms with E-state index in [2.05, 4.69) is 10.3 Å². The summed E-state index contributed by atoms with van der Waals surface area (Å²) in [6.07, 6.45) is 4.02. The number of nitrogens with two attached hydrogens (primary N) is 1. The van der Waals surface area contributed by atoms with Crippen molar-refractivity contribution in [2.75, 3.05) is 19.6 Å². The average molecular weight is 251 g/mol. The normalized spacial score (nSPS) is 18.8. The van der Waals surface area contributed by atoms with Crippen molar-refractivity contribution in [2.45, 2.75) is 12.5 Å². The number of carbonyl (C=O) groups excluding carboxylic acids is 2. The van der Waals surface area contributed by atoms with E-state index in [-0.39, 0.29) is 18.5 Å². The number of rotatable bonds is 4. The molecule has 1 fully saturated rings. The molecule has 2 amide bonds. The summed E-state index contributed by atoms with van der Waals surface area (Å²) in [5.41, 5.74) is 5.54. The molecule has 98 valence electrons. The second kappa shape index (κ2) is 5.18. The van der Waals surface area contributed by atoms with Crippen LogP contribution in [0.25, 0.3) is 0 Å². The van der Waals surface area contributed by atoms with Gasteiger partial charge in [-0.15, -0.1) is 0 Å². The molecule has 7 nitrogen and oxygen atoms in total. The second-order valence-corrected chi connectivity index (χ2v) is 4.47. The third kappa shape index (κ3) is 2.67. The topological polar surface area (TPSA) is 93.2 Å². The van der Waals surface area contributed by atoms with E-state index in [0.29, 0.717) is 12.2 Å². The van der Waals surface area contributed by atoms with Crippen LogP contribution in [-0.4, -0.2) is 51.9 Å². The lowest BCUT2D eigenvalue weighted by Crippen LogP contribution is -2.46. The number of nitrogens with one attached hydrogen (secondary N) is 1. The first-order valence-electron chi connectivity index (χ1n) is 5.86. The highest BCUT2D eigenvalue weighted by atomic mass is 16.2. The molecule has 0 aromatic carbocycles. The molecule has 1 unspecified atom stereocenters. The molecular formula is C11H17N5O2. The summed E-state index contributed by atoms with van der Waals surface area (Å²) < 4.78 is 1.70. The maximum Gasteiger partial charge on any atom is 0.274 e. The summed E-state index contributed by atoms with van der Waals surface area (Å²) in [7, 11) is 1.79. The van der Waals surface area contributed by atoms with E-state index in [1.165, 1.54) is 4.90 Å². The number of amides is 2. The second-order valence-electron chi connectivity index (χ2n) is 4.47. The Labute approximate surface area is 105 Å². The van der Waals surface area contributed by atoms with E-state index in [9.17, 15) is 9.59 Å². The first-order valence-corrected chi connectivity index (χ1v) is 5.86. The summed E-state index contributed by atoms with van der Waals surface area (Å²) in [6, 6.07) is 0.00649. The highest BCUT2D eigenvalue weighted by molar-refractivity contribution is 5.94. The van der Waals surface area contributed by atoms with Gasteiger partial charge in [-0.25, -0.2) is 4.98 Å². The maximum absolute atomic E-state index is 12.3. The fourth-order valence-corrected chi connectivity index (χ4v) is 2.11. The van der Waals surface area contributed by atoms with Gasteiger partial charge in [-0.1, -0.05) is 0 Å². The van der Waals surface area contributed by atoms with Gasteiger partial charge in [-0.2, -0.15) is 0 Å². The van der Waals surface area contributed by atoms with E-state index in [1.54, 1.807) is 24.1 Å². The highest BCUT2D eigenvalue weighted by Gasteiger charge is 2.29. The first-order chi connectivity index (χ1) is 8.58. The van der Waals surface area contributed by atoms with E-state index < -0.39 is 5.91 Å². The third-order valence-corrected chi connectivity index (χ3v) is 2.99. The van der Waals surface area contributed by atoms with Gasteiger partial charge in [0.25, 0.3) is 5.91 Å². The van der Waals surface area contributed by atoms with Crippen molar-refractivity contribution in [2.24, 2.45) is 12.8 Å². The molecule has 0 saturated carbocycles. The lowest BCUT2D eigenvalue weighted by molar-refractivity contribution is -0.119. The lowest BCUT2D eigenvalue weighted by atomic mass is 10.2. The summed E-state index contributed by atoms with van der Waals surface area (Å²) in [4.78, 5) is 28.9. The molecule has 2 heterocycles. The molecule has 1 aromatic rings. The summed E-state index contributed by atoms with van der Waals surface area (Å²) in [6.45, 7) is 1.46. The minimum absolute atomic E-state index is 0.00649. The fourth-order valence-electron chi connectivity index (χ4n) is 2.11. The first kappa shape index (κ1) is 12.6. The van der Waals surface area contributed by atoms with Crippen LogP contribution in [0.3, 0.4) is 0 Å². The molecule has 2 rings (SSSR count). The van der Waals surface area contributed by atoms with Gasteiger partial charge in [0.05, 0.1) is 6.33 Å². The molecule has 1 aromatic heterocycles. The number of carbonyl (C=O) groups is 2. The zero-order valence-corrected chi connectivity index (χ0v) is 10.3. The van der Waals surface area contributed by atoms with Gasteiger partial charge in [-0.05, 0) is 13.0 Å². The van der Waals surface area contributed by atoms with Crippen LogP contribution in [0.2, 0.25) is 0 Å². The Morgan fingerprint density at radius 2 is 2.44 bits per heavy atom.